The number of aliphatic hydroxyl groups is 3. The van der Waals surface area contributed by atoms with E-state index in [1.807, 2.05) is 51.1 Å². The van der Waals surface area contributed by atoms with Crippen molar-refractivity contribution in [1.29, 1.82) is 0 Å². The van der Waals surface area contributed by atoms with Crippen LogP contribution in [0.15, 0.2) is 71.8 Å². The number of carbonyl (C=O) groups is 3. The van der Waals surface area contributed by atoms with Crippen molar-refractivity contribution in [3.8, 4) is 0 Å². The van der Waals surface area contributed by atoms with E-state index in [9.17, 15) is 24.9 Å². The summed E-state index contributed by atoms with van der Waals surface area (Å²) in [5.41, 5.74) is -6.25. The van der Waals surface area contributed by atoms with Gasteiger partial charge < -0.3 is 38.4 Å². The van der Waals surface area contributed by atoms with Crippen LogP contribution >= 0.6 is 0 Å². The summed E-state index contributed by atoms with van der Waals surface area (Å²) in [7, 11) is -1.96. The third-order valence-corrected chi connectivity index (χ3v) is 16.9. The van der Waals surface area contributed by atoms with Gasteiger partial charge >= 0.3 is 20.5 Å². The maximum atomic E-state index is 15.5. The molecule has 11 nitrogen and oxygen atoms in total. The molecule has 10 atom stereocenters. The fraction of sp³-hybridized carbons (Fsp3) is 0.575. The minimum absolute atomic E-state index is 0.0571. The fourth-order valence-electron chi connectivity index (χ4n) is 9.82. The molecule has 0 radical (unpaired) electrons. The minimum atomic E-state index is -3.55. The summed E-state index contributed by atoms with van der Waals surface area (Å²) in [6.45, 7) is 13.7. The summed E-state index contributed by atoms with van der Waals surface area (Å²) in [6, 6.07) is 17.8. The van der Waals surface area contributed by atoms with Gasteiger partial charge in [0.05, 0.1) is 35.7 Å². The van der Waals surface area contributed by atoms with Gasteiger partial charge in [-0.05, 0) is 42.3 Å². The van der Waals surface area contributed by atoms with E-state index in [0.29, 0.717) is 5.57 Å². The molecule has 12 heteroatoms. The number of carbonyl (C=O) groups excluding carboxylic acids is 3. The highest BCUT2D eigenvalue weighted by atomic mass is 28.4. The Hall–Kier alpha value is -3.23. The topological polar surface area (TPSA) is 158 Å². The van der Waals surface area contributed by atoms with E-state index >= 15 is 4.79 Å². The molecule has 52 heavy (non-hydrogen) atoms. The second-order valence-corrected chi connectivity index (χ2v) is 20.7. The van der Waals surface area contributed by atoms with Gasteiger partial charge in [0.25, 0.3) is 0 Å². The number of ether oxygens (including phenoxy) is 3. The lowest BCUT2D eigenvalue weighted by molar-refractivity contribution is -0.345. The molecule has 2 bridgehead atoms. The number of hydrogen-bond acceptors (Lipinski definition) is 11. The molecule has 0 spiro atoms. The van der Waals surface area contributed by atoms with Crippen LogP contribution in [0.1, 0.15) is 78.6 Å². The lowest BCUT2D eigenvalue weighted by Crippen LogP contribution is -2.82. The van der Waals surface area contributed by atoms with Crippen LogP contribution in [0, 0.1) is 16.7 Å². The molecule has 1 aliphatic heterocycles. The first-order valence-electron chi connectivity index (χ1n) is 17.9. The zero-order valence-electron chi connectivity index (χ0n) is 31.5. The lowest BCUT2D eigenvalue weighted by atomic mass is 9.44. The number of Topliss-reactive ketones (excluding diaryl/α,β-unsaturated/α-hetero) is 1. The first-order valence-corrected chi connectivity index (χ1v) is 19.7. The van der Waals surface area contributed by atoms with Gasteiger partial charge in [0.2, 0.25) is 0 Å². The molecule has 2 unspecified atom stereocenters. The van der Waals surface area contributed by atoms with E-state index in [0.717, 1.165) is 5.19 Å². The number of rotatable bonds is 7. The monoisotopic (exact) mass is 736 g/mol. The predicted octanol–water partition coefficient (Wildman–Crippen LogP) is 3.90. The van der Waals surface area contributed by atoms with Crippen LogP contribution in [0.5, 0.6) is 0 Å². The third kappa shape index (κ3) is 5.39. The number of fused-ring (bicyclic) bond motifs is 5. The summed E-state index contributed by atoms with van der Waals surface area (Å²) >= 11 is 0. The van der Waals surface area contributed by atoms with Crippen molar-refractivity contribution in [2.75, 3.05) is 13.7 Å². The maximum Gasteiger partial charge on any atom is 0.378 e. The van der Waals surface area contributed by atoms with Gasteiger partial charge in [-0.15, -0.1) is 0 Å². The van der Waals surface area contributed by atoms with E-state index in [2.05, 4.69) is 0 Å². The highest BCUT2D eigenvalue weighted by Gasteiger charge is 2.78. The Morgan fingerprint density at radius 3 is 2.10 bits per heavy atom. The normalized spacial score (nSPS) is 36.6. The number of aliphatic hydroxyl groups excluding tert-OH is 2. The minimum Gasteiger partial charge on any atom is -0.455 e. The summed E-state index contributed by atoms with van der Waals surface area (Å²) in [4.78, 5) is 42.7. The molecule has 282 valence electrons. The Bertz CT molecular complexity index is 1760. The van der Waals surface area contributed by atoms with Crippen molar-refractivity contribution in [1.82, 2.24) is 0 Å². The van der Waals surface area contributed by atoms with Crippen molar-refractivity contribution >= 4 is 31.5 Å². The molecule has 2 aromatic rings. The van der Waals surface area contributed by atoms with E-state index in [1.165, 1.54) is 6.92 Å². The summed E-state index contributed by atoms with van der Waals surface area (Å²) in [5, 5.41) is 37.3. The molecule has 1 heterocycles. The average Bonchev–Trinajstić information content (AvgIpc) is 3.08. The Kier molecular flexibility index (Phi) is 9.60. The SMILES string of the molecule is CO[Si](O[C@H]1C[C@H]2OC[C@@]2(OC(C)=O)C2[C@H](OC(=O)c3ccccc3)[C@]3(O)C[C@H](O)C(C)=C([C@@H](O)C(=O)[C@@]21C)C3(C)C)(c1ccccc1)C(C)(C)C. The van der Waals surface area contributed by atoms with Crippen LogP contribution in [0.25, 0.3) is 0 Å². The predicted molar refractivity (Wildman–Crippen MR) is 193 cm³/mol. The number of ketones is 1. The molecule has 2 saturated carbocycles. The zero-order valence-corrected chi connectivity index (χ0v) is 32.5. The molecular weight excluding hydrogens is 685 g/mol. The Morgan fingerprint density at radius 2 is 1.58 bits per heavy atom. The molecule has 4 aliphatic rings. The fourth-order valence-corrected chi connectivity index (χ4v) is 13.5. The van der Waals surface area contributed by atoms with Gasteiger partial charge in [0, 0.05) is 37.3 Å². The van der Waals surface area contributed by atoms with Gasteiger partial charge in [-0.1, -0.05) is 83.1 Å². The van der Waals surface area contributed by atoms with Crippen LogP contribution < -0.4 is 5.19 Å². The van der Waals surface area contributed by atoms with Gasteiger partial charge in [0.15, 0.2) is 11.4 Å². The molecule has 2 aromatic carbocycles. The zero-order chi connectivity index (χ0) is 38.2. The van der Waals surface area contributed by atoms with Gasteiger partial charge in [0.1, 0.15) is 23.9 Å². The van der Waals surface area contributed by atoms with Crippen LogP contribution in [0.2, 0.25) is 5.04 Å². The van der Waals surface area contributed by atoms with E-state index in [1.54, 1.807) is 65.1 Å². The highest BCUT2D eigenvalue weighted by Crippen LogP contribution is 2.65. The Morgan fingerprint density at radius 1 is 0.981 bits per heavy atom. The highest BCUT2D eigenvalue weighted by molar-refractivity contribution is 6.83. The maximum absolute atomic E-state index is 15.5. The molecule has 0 amide bonds. The largest absolute Gasteiger partial charge is 0.455 e. The molecule has 0 aromatic heterocycles. The van der Waals surface area contributed by atoms with E-state index in [-0.39, 0.29) is 30.6 Å². The summed E-state index contributed by atoms with van der Waals surface area (Å²) in [5.74, 6) is -3.46. The second kappa shape index (κ2) is 13.0. The van der Waals surface area contributed by atoms with Crippen molar-refractivity contribution in [3.05, 3.63) is 77.4 Å². The molecular formula is C40H52O11Si. The van der Waals surface area contributed by atoms with E-state index in [4.69, 9.17) is 23.1 Å². The standard InChI is InChI=1S/C40H52O11Si/c1-23-27(42)21-40(46)34(49-35(45)25-16-12-10-13-17-25)32-38(8,33(44)31(43)30(23)37(40,6)7)28(20-29-39(32,22-48-29)50-24(2)41)51-52(47-9,36(3,4)5)26-18-14-11-15-19-26/h10-19,27-29,31-32,34,42-43,46H,20-22H2,1-9H3/t27-,28-,29+,31+,32?,34-,38+,39-,40+,52?/m0/s1. The number of esters is 2. The molecule has 3 N–H and O–H groups in total. The van der Waals surface area contributed by atoms with Crippen LogP contribution in [-0.2, 0) is 32.7 Å². The van der Waals surface area contributed by atoms with Crippen LogP contribution in [-0.4, -0.2) is 97.0 Å². The summed E-state index contributed by atoms with van der Waals surface area (Å²) in [6.07, 6.45) is -6.84. The first-order chi connectivity index (χ1) is 24.2. The van der Waals surface area contributed by atoms with Crippen molar-refractivity contribution in [2.24, 2.45) is 16.7 Å². The van der Waals surface area contributed by atoms with Crippen molar-refractivity contribution in [3.63, 3.8) is 0 Å². The number of hydrogen-bond donors (Lipinski definition) is 3. The number of benzene rings is 2. The van der Waals surface area contributed by atoms with E-state index < -0.39 is 89.8 Å². The van der Waals surface area contributed by atoms with Crippen molar-refractivity contribution < 1.29 is 52.8 Å². The Balaban J connectivity index is 1.67. The lowest BCUT2D eigenvalue weighted by Gasteiger charge is -2.68. The average molecular weight is 737 g/mol. The first kappa shape index (κ1) is 38.5. The second-order valence-electron chi connectivity index (χ2n) is 16.7. The third-order valence-electron chi connectivity index (χ3n) is 12.6. The molecule has 6 rings (SSSR count). The molecule has 3 aliphatic carbocycles. The quantitative estimate of drug-likeness (QED) is 0.215. The Labute approximate surface area is 306 Å². The van der Waals surface area contributed by atoms with Gasteiger partial charge in [-0.2, -0.15) is 0 Å². The van der Waals surface area contributed by atoms with Gasteiger partial charge in [-0.25, -0.2) is 4.79 Å². The summed E-state index contributed by atoms with van der Waals surface area (Å²) < 4.78 is 32.6. The van der Waals surface area contributed by atoms with Gasteiger partial charge in [-0.3, -0.25) is 9.59 Å². The molecule has 3 fully saturated rings. The van der Waals surface area contributed by atoms with Crippen molar-refractivity contribution in [2.45, 2.75) is 115 Å². The van der Waals surface area contributed by atoms with Crippen LogP contribution in [0.4, 0.5) is 0 Å². The molecule has 1 saturated heterocycles. The smallest absolute Gasteiger partial charge is 0.378 e. The van der Waals surface area contributed by atoms with Crippen LogP contribution in [0.3, 0.4) is 0 Å².